The molecule has 0 radical (unpaired) electrons. The number of aromatic nitrogens is 2. The summed E-state index contributed by atoms with van der Waals surface area (Å²) >= 11 is 0. The van der Waals surface area contributed by atoms with Crippen LogP contribution >= 0.6 is 0 Å². The van der Waals surface area contributed by atoms with E-state index in [1.165, 1.54) is 0 Å². The second-order valence-corrected chi connectivity index (χ2v) is 4.97. The van der Waals surface area contributed by atoms with Crippen LogP contribution in [-0.4, -0.2) is 28.7 Å². The third-order valence-corrected chi connectivity index (χ3v) is 3.12. The summed E-state index contributed by atoms with van der Waals surface area (Å²) in [6.07, 6.45) is 6.25. The van der Waals surface area contributed by atoms with Crippen molar-refractivity contribution in [1.29, 1.82) is 0 Å². The summed E-state index contributed by atoms with van der Waals surface area (Å²) in [6.45, 7) is 5.89. The van der Waals surface area contributed by atoms with E-state index >= 15 is 0 Å². The standard InChI is InChI=1S/C16H22N4O2/c1-3-22-15-11-13(2)5-6-14(15)19-16(21)18-7-4-9-20-10-8-17-12-20/h5-6,8,10-12H,3-4,7,9H2,1-2H3,(H2,18,19,21). The van der Waals surface area contributed by atoms with Crippen LogP contribution in [0, 0.1) is 6.92 Å². The van der Waals surface area contributed by atoms with E-state index in [0.717, 1.165) is 18.5 Å². The molecule has 2 aromatic rings. The first-order valence-corrected chi connectivity index (χ1v) is 7.43. The molecule has 6 nitrogen and oxygen atoms in total. The molecule has 22 heavy (non-hydrogen) atoms. The van der Waals surface area contributed by atoms with Crippen molar-refractivity contribution in [2.45, 2.75) is 26.8 Å². The van der Waals surface area contributed by atoms with Crippen LogP contribution in [0.4, 0.5) is 10.5 Å². The fraction of sp³-hybridized carbons (Fsp3) is 0.375. The van der Waals surface area contributed by atoms with Gasteiger partial charge in [-0.25, -0.2) is 9.78 Å². The molecule has 6 heteroatoms. The van der Waals surface area contributed by atoms with Gasteiger partial charge in [0.1, 0.15) is 5.75 Å². The summed E-state index contributed by atoms with van der Waals surface area (Å²) < 4.78 is 7.52. The van der Waals surface area contributed by atoms with Crippen molar-refractivity contribution in [1.82, 2.24) is 14.9 Å². The van der Waals surface area contributed by atoms with Crippen LogP contribution in [0.2, 0.25) is 0 Å². The zero-order chi connectivity index (χ0) is 15.8. The van der Waals surface area contributed by atoms with Gasteiger partial charge in [-0.15, -0.1) is 0 Å². The summed E-state index contributed by atoms with van der Waals surface area (Å²) in [5, 5.41) is 5.66. The van der Waals surface area contributed by atoms with Gasteiger partial charge in [-0.1, -0.05) is 6.07 Å². The maximum atomic E-state index is 11.9. The zero-order valence-electron chi connectivity index (χ0n) is 13.0. The second-order valence-electron chi connectivity index (χ2n) is 4.97. The Balaban J connectivity index is 1.79. The monoisotopic (exact) mass is 302 g/mol. The Morgan fingerprint density at radius 2 is 2.27 bits per heavy atom. The lowest BCUT2D eigenvalue weighted by Gasteiger charge is -2.13. The summed E-state index contributed by atoms with van der Waals surface area (Å²) in [5.74, 6) is 0.691. The fourth-order valence-electron chi connectivity index (χ4n) is 2.06. The van der Waals surface area contributed by atoms with E-state index in [9.17, 15) is 4.79 Å². The predicted molar refractivity (Wildman–Crippen MR) is 86.2 cm³/mol. The third kappa shape index (κ3) is 4.80. The Morgan fingerprint density at radius 1 is 1.41 bits per heavy atom. The molecule has 2 N–H and O–H groups in total. The molecule has 0 fully saturated rings. The highest BCUT2D eigenvalue weighted by atomic mass is 16.5. The number of benzene rings is 1. The first-order valence-electron chi connectivity index (χ1n) is 7.43. The molecule has 1 aromatic carbocycles. The van der Waals surface area contributed by atoms with Gasteiger partial charge >= 0.3 is 6.03 Å². The quantitative estimate of drug-likeness (QED) is 0.773. The number of amides is 2. The molecule has 0 atom stereocenters. The molecular weight excluding hydrogens is 280 g/mol. The predicted octanol–water partition coefficient (Wildman–Crippen LogP) is 2.80. The Labute approximate surface area is 130 Å². The van der Waals surface area contributed by atoms with E-state index in [2.05, 4.69) is 15.6 Å². The number of carbonyl (C=O) groups excluding carboxylic acids is 1. The maximum Gasteiger partial charge on any atom is 0.319 e. The van der Waals surface area contributed by atoms with Crippen molar-refractivity contribution in [3.05, 3.63) is 42.5 Å². The minimum absolute atomic E-state index is 0.226. The Hall–Kier alpha value is -2.50. The zero-order valence-corrected chi connectivity index (χ0v) is 13.0. The number of anilines is 1. The van der Waals surface area contributed by atoms with Crippen molar-refractivity contribution >= 4 is 11.7 Å². The normalized spacial score (nSPS) is 10.3. The van der Waals surface area contributed by atoms with Crippen molar-refractivity contribution < 1.29 is 9.53 Å². The van der Waals surface area contributed by atoms with Gasteiger partial charge in [-0.2, -0.15) is 0 Å². The van der Waals surface area contributed by atoms with Gasteiger partial charge in [-0.3, -0.25) is 0 Å². The number of carbonyl (C=O) groups is 1. The van der Waals surface area contributed by atoms with Gasteiger partial charge in [0, 0.05) is 25.5 Å². The largest absolute Gasteiger partial charge is 0.492 e. The molecule has 0 bridgehead atoms. The van der Waals surface area contributed by atoms with Crippen LogP contribution in [-0.2, 0) is 6.54 Å². The first-order chi connectivity index (χ1) is 10.7. The lowest BCUT2D eigenvalue weighted by Crippen LogP contribution is -2.30. The van der Waals surface area contributed by atoms with Crippen LogP contribution < -0.4 is 15.4 Å². The summed E-state index contributed by atoms with van der Waals surface area (Å²) in [6, 6.07) is 5.48. The van der Waals surface area contributed by atoms with Crippen LogP contribution in [0.1, 0.15) is 18.9 Å². The van der Waals surface area contributed by atoms with Crippen LogP contribution in [0.15, 0.2) is 36.9 Å². The van der Waals surface area contributed by atoms with Crippen LogP contribution in [0.5, 0.6) is 5.75 Å². The minimum atomic E-state index is -0.226. The maximum absolute atomic E-state index is 11.9. The van der Waals surface area contributed by atoms with E-state index in [1.807, 2.05) is 42.8 Å². The number of hydrogen-bond acceptors (Lipinski definition) is 3. The molecule has 0 spiro atoms. The van der Waals surface area contributed by atoms with Crippen molar-refractivity contribution in [3.63, 3.8) is 0 Å². The third-order valence-electron chi connectivity index (χ3n) is 3.12. The number of imidazole rings is 1. The lowest BCUT2D eigenvalue weighted by molar-refractivity contribution is 0.251. The van der Waals surface area contributed by atoms with Gasteiger partial charge in [0.2, 0.25) is 0 Å². The number of nitrogens with zero attached hydrogens (tertiary/aromatic N) is 2. The van der Waals surface area contributed by atoms with Crippen molar-refractivity contribution in [2.75, 3.05) is 18.5 Å². The lowest BCUT2D eigenvalue weighted by atomic mass is 10.2. The number of nitrogens with one attached hydrogen (secondary N) is 2. The van der Waals surface area contributed by atoms with Gasteiger partial charge in [-0.05, 0) is 38.0 Å². The van der Waals surface area contributed by atoms with Crippen LogP contribution in [0.25, 0.3) is 0 Å². The molecule has 118 valence electrons. The Bertz CT molecular complexity index is 596. The number of urea groups is 1. The molecule has 0 saturated heterocycles. The van der Waals surface area contributed by atoms with Gasteiger partial charge in [0.25, 0.3) is 0 Å². The molecule has 0 aliphatic heterocycles. The highest BCUT2D eigenvalue weighted by molar-refractivity contribution is 5.90. The molecular formula is C16H22N4O2. The molecule has 0 aliphatic carbocycles. The van der Waals surface area contributed by atoms with E-state index in [1.54, 1.807) is 12.5 Å². The summed E-state index contributed by atoms with van der Waals surface area (Å²) in [5.41, 5.74) is 1.77. The van der Waals surface area contributed by atoms with Gasteiger partial charge in [0.15, 0.2) is 0 Å². The molecule has 0 aliphatic rings. The smallest absolute Gasteiger partial charge is 0.319 e. The van der Waals surface area contributed by atoms with Crippen molar-refractivity contribution in [3.8, 4) is 5.75 Å². The highest BCUT2D eigenvalue weighted by Gasteiger charge is 2.07. The Kier molecular flexibility index (Phi) is 5.82. The Morgan fingerprint density at radius 3 is 3.00 bits per heavy atom. The molecule has 1 aromatic heterocycles. The number of rotatable bonds is 7. The topological polar surface area (TPSA) is 68.2 Å². The van der Waals surface area contributed by atoms with E-state index in [4.69, 9.17) is 4.74 Å². The van der Waals surface area contributed by atoms with Crippen LogP contribution in [0.3, 0.4) is 0 Å². The molecule has 2 rings (SSSR count). The fourth-order valence-corrected chi connectivity index (χ4v) is 2.06. The average Bonchev–Trinajstić information content (AvgIpc) is 3.00. The van der Waals surface area contributed by atoms with Gasteiger partial charge < -0.3 is 19.9 Å². The SMILES string of the molecule is CCOc1cc(C)ccc1NC(=O)NCCCn1ccnc1. The van der Waals surface area contributed by atoms with E-state index in [-0.39, 0.29) is 6.03 Å². The van der Waals surface area contributed by atoms with Gasteiger partial charge in [0.05, 0.1) is 18.6 Å². The highest BCUT2D eigenvalue weighted by Crippen LogP contribution is 2.25. The first kappa shape index (κ1) is 15.9. The number of hydrogen-bond donors (Lipinski definition) is 2. The van der Waals surface area contributed by atoms with E-state index in [0.29, 0.717) is 24.6 Å². The van der Waals surface area contributed by atoms with Crippen molar-refractivity contribution in [2.24, 2.45) is 0 Å². The molecule has 0 saturated carbocycles. The molecule has 0 unspecified atom stereocenters. The van der Waals surface area contributed by atoms with E-state index < -0.39 is 0 Å². The average molecular weight is 302 g/mol. The summed E-state index contributed by atoms with van der Waals surface area (Å²) in [7, 11) is 0. The number of ether oxygens (including phenoxy) is 1. The molecule has 2 amide bonds. The minimum Gasteiger partial charge on any atom is -0.492 e. The summed E-state index contributed by atoms with van der Waals surface area (Å²) in [4.78, 5) is 15.9. The molecule has 1 heterocycles. The number of aryl methyl sites for hydroxylation is 2. The second kappa shape index (κ2) is 8.07.